The van der Waals surface area contributed by atoms with Gasteiger partial charge in [-0.15, -0.1) is 0 Å². The van der Waals surface area contributed by atoms with E-state index in [4.69, 9.17) is 4.74 Å². The Morgan fingerprint density at radius 1 is 1.18 bits per heavy atom. The lowest BCUT2D eigenvalue weighted by molar-refractivity contribution is -0.771. The first kappa shape index (κ1) is 21.8. The summed E-state index contributed by atoms with van der Waals surface area (Å²) in [6, 6.07) is 9.14. The Labute approximate surface area is 199 Å². The van der Waals surface area contributed by atoms with Crippen LogP contribution in [0.15, 0.2) is 36.7 Å². The Balaban J connectivity index is 1.32. The molecule has 0 spiro atoms. The van der Waals surface area contributed by atoms with E-state index in [1.807, 2.05) is 42.2 Å². The first-order chi connectivity index (χ1) is 16.5. The SMILES string of the molecule is CCC[N+]1(CC(O)COc2ccccc2)C(=O)c2[nH]cnc2N(C2C3CC4CC(C3)C2C4)C1=O. The third-order valence-electron chi connectivity index (χ3n) is 8.64. The maximum absolute atomic E-state index is 14.3. The van der Waals surface area contributed by atoms with E-state index < -0.39 is 10.6 Å². The minimum absolute atomic E-state index is 0.0125. The number of aromatic nitrogens is 2. The van der Waals surface area contributed by atoms with Crippen LogP contribution in [-0.4, -0.2) is 63.3 Å². The summed E-state index contributed by atoms with van der Waals surface area (Å²) in [5.74, 6) is 3.25. The minimum Gasteiger partial charge on any atom is -0.491 e. The third-order valence-corrected chi connectivity index (χ3v) is 8.64. The number of hydrogen-bond donors (Lipinski definition) is 2. The Morgan fingerprint density at radius 3 is 2.74 bits per heavy atom. The van der Waals surface area contributed by atoms with Crippen LogP contribution in [0.4, 0.5) is 10.6 Å². The summed E-state index contributed by atoms with van der Waals surface area (Å²) < 4.78 is 5.33. The molecule has 7 atom stereocenters. The Hall–Kier alpha value is -2.71. The Kier molecular flexibility index (Phi) is 5.26. The molecule has 34 heavy (non-hydrogen) atoms. The number of anilines is 1. The van der Waals surface area contributed by atoms with Crippen LogP contribution in [0.5, 0.6) is 5.75 Å². The van der Waals surface area contributed by atoms with Crippen LogP contribution >= 0.6 is 0 Å². The minimum atomic E-state index is -0.970. The van der Waals surface area contributed by atoms with Crippen LogP contribution in [0.25, 0.3) is 0 Å². The number of carbonyl (C=O) groups is 2. The maximum Gasteiger partial charge on any atom is 0.433 e. The molecule has 8 heteroatoms. The Morgan fingerprint density at radius 2 is 1.97 bits per heavy atom. The van der Waals surface area contributed by atoms with Gasteiger partial charge in [-0.25, -0.2) is 19.5 Å². The summed E-state index contributed by atoms with van der Waals surface area (Å²) in [7, 11) is 0. The highest BCUT2D eigenvalue weighted by molar-refractivity contribution is 6.08. The van der Waals surface area contributed by atoms with E-state index in [9.17, 15) is 14.7 Å². The van der Waals surface area contributed by atoms with E-state index in [0.29, 0.717) is 48.0 Å². The van der Waals surface area contributed by atoms with Crippen molar-refractivity contribution in [1.82, 2.24) is 9.97 Å². The van der Waals surface area contributed by atoms with E-state index >= 15 is 0 Å². The summed E-state index contributed by atoms with van der Waals surface area (Å²) >= 11 is 0. The fraction of sp³-hybridized carbons (Fsp3) is 0.577. The van der Waals surface area contributed by atoms with Crippen molar-refractivity contribution in [2.75, 3.05) is 24.6 Å². The van der Waals surface area contributed by atoms with E-state index in [2.05, 4.69) is 9.97 Å². The predicted molar refractivity (Wildman–Crippen MR) is 125 cm³/mol. The molecule has 2 heterocycles. The number of rotatable bonds is 8. The molecule has 5 aliphatic rings. The van der Waals surface area contributed by atoms with E-state index in [1.54, 1.807) is 0 Å². The number of imidazole rings is 1. The van der Waals surface area contributed by atoms with E-state index in [-0.39, 0.29) is 31.1 Å². The van der Waals surface area contributed by atoms with Crippen molar-refractivity contribution < 1.29 is 23.9 Å². The second-order valence-corrected chi connectivity index (χ2v) is 10.7. The molecule has 4 aliphatic carbocycles. The van der Waals surface area contributed by atoms with Gasteiger partial charge in [0.2, 0.25) is 0 Å². The van der Waals surface area contributed by atoms with Crippen LogP contribution in [-0.2, 0) is 0 Å². The molecular formula is C26H33N4O4+. The van der Waals surface area contributed by atoms with Crippen molar-refractivity contribution in [1.29, 1.82) is 0 Å². The number of H-pyrrole nitrogens is 1. The molecule has 1 aromatic heterocycles. The zero-order valence-electron chi connectivity index (χ0n) is 19.6. The highest BCUT2D eigenvalue weighted by atomic mass is 16.5. The van der Waals surface area contributed by atoms with Gasteiger partial charge in [-0.3, -0.25) is 0 Å². The number of carbonyl (C=O) groups excluding carboxylic acids is 2. The molecule has 0 saturated heterocycles. The van der Waals surface area contributed by atoms with Crippen molar-refractivity contribution in [3.63, 3.8) is 0 Å². The number of urea groups is 1. The standard InChI is InChI=1S/C26H32N4O4/c1-2-8-30(13-19(31)14-34-20-6-4-3-5-7-20)25(32)22-24(28-15-27-22)29(26(30)33)23-18-10-16-9-17(12-18)21(23)11-16/h3-7,15-19,21,23,31H,2,8-14H2,1H3/p+1. The lowest BCUT2D eigenvalue weighted by Gasteiger charge is -2.45. The number of fused-ring (bicyclic) bond motifs is 1. The van der Waals surface area contributed by atoms with E-state index in [0.717, 1.165) is 12.3 Å². The first-order valence-corrected chi connectivity index (χ1v) is 12.7. The largest absolute Gasteiger partial charge is 0.491 e. The van der Waals surface area contributed by atoms with Crippen LogP contribution in [0, 0.1) is 23.7 Å². The summed E-state index contributed by atoms with van der Waals surface area (Å²) in [5.41, 5.74) is 0.390. The fourth-order valence-electron chi connectivity index (χ4n) is 7.55. The molecule has 4 saturated carbocycles. The van der Waals surface area contributed by atoms with Crippen molar-refractivity contribution in [3.05, 3.63) is 42.4 Å². The molecule has 7 unspecified atom stereocenters. The van der Waals surface area contributed by atoms with Gasteiger partial charge in [0, 0.05) is 6.04 Å². The average Bonchev–Trinajstić information content (AvgIpc) is 3.49. The van der Waals surface area contributed by atoms with Gasteiger partial charge >= 0.3 is 11.9 Å². The zero-order valence-corrected chi connectivity index (χ0v) is 19.6. The fourth-order valence-corrected chi connectivity index (χ4v) is 7.55. The van der Waals surface area contributed by atoms with Gasteiger partial charge in [0.05, 0.1) is 12.9 Å². The topological polar surface area (TPSA) is 95.5 Å². The van der Waals surface area contributed by atoms with Crippen LogP contribution in [0.1, 0.15) is 49.5 Å². The van der Waals surface area contributed by atoms with Gasteiger partial charge < -0.3 is 14.8 Å². The van der Waals surface area contributed by atoms with Gasteiger partial charge in [0.1, 0.15) is 25.0 Å². The quantitative estimate of drug-likeness (QED) is 0.581. The van der Waals surface area contributed by atoms with Crippen molar-refractivity contribution >= 4 is 17.8 Å². The van der Waals surface area contributed by atoms with E-state index in [1.165, 1.54) is 25.6 Å². The van der Waals surface area contributed by atoms with Gasteiger partial charge in [-0.1, -0.05) is 25.1 Å². The molecule has 8 nitrogen and oxygen atoms in total. The highest BCUT2D eigenvalue weighted by Crippen LogP contribution is 2.60. The summed E-state index contributed by atoms with van der Waals surface area (Å²) in [4.78, 5) is 37.5. The molecule has 3 amide bonds. The third kappa shape index (κ3) is 3.22. The van der Waals surface area contributed by atoms with Crippen LogP contribution in [0.3, 0.4) is 0 Å². The molecule has 2 N–H and O–H groups in total. The average molecular weight is 466 g/mol. The number of aromatic amines is 1. The van der Waals surface area contributed by atoms with Crippen LogP contribution in [0.2, 0.25) is 0 Å². The lowest BCUT2D eigenvalue weighted by atomic mass is 9.78. The summed E-state index contributed by atoms with van der Waals surface area (Å²) in [6.07, 6.45) is 5.97. The Bertz CT molecular complexity index is 1080. The number of ether oxygens (including phenoxy) is 1. The molecule has 1 aliphatic heterocycles. The van der Waals surface area contributed by atoms with Gasteiger partial charge in [0.15, 0.2) is 11.5 Å². The maximum atomic E-state index is 14.3. The number of aliphatic hydroxyl groups is 1. The van der Waals surface area contributed by atoms with Gasteiger partial charge in [-0.05, 0) is 67.9 Å². The molecule has 7 rings (SSSR count). The predicted octanol–water partition coefficient (Wildman–Crippen LogP) is 3.59. The number of nitrogens with one attached hydrogen (secondary N) is 1. The summed E-state index contributed by atoms with van der Waals surface area (Å²) in [6.45, 7) is 2.31. The van der Waals surface area contributed by atoms with Crippen LogP contribution < -0.4 is 9.64 Å². The molecule has 1 aromatic carbocycles. The number of hydrogen-bond acceptors (Lipinski definition) is 5. The lowest BCUT2D eigenvalue weighted by Crippen LogP contribution is -2.70. The molecule has 180 valence electrons. The second kappa shape index (κ2) is 8.20. The van der Waals surface area contributed by atoms with Gasteiger partial charge in [-0.2, -0.15) is 4.48 Å². The summed E-state index contributed by atoms with van der Waals surface area (Å²) in [5, 5.41) is 11.0. The second-order valence-electron chi connectivity index (χ2n) is 10.7. The zero-order chi connectivity index (χ0) is 23.4. The molecular weight excluding hydrogens is 432 g/mol. The number of benzene rings is 1. The van der Waals surface area contributed by atoms with Crippen molar-refractivity contribution in [3.8, 4) is 5.75 Å². The van der Waals surface area contributed by atoms with Crippen molar-refractivity contribution in [2.24, 2.45) is 23.7 Å². The normalized spacial score (nSPS) is 34.5. The number of aliphatic hydroxyl groups excluding tert-OH is 1. The molecule has 0 radical (unpaired) electrons. The number of quaternary nitrogens is 1. The number of para-hydroxylation sites is 1. The number of nitrogens with zero attached hydrogens (tertiary/aromatic N) is 3. The molecule has 2 aromatic rings. The van der Waals surface area contributed by atoms with Crippen molar-refractivity contribution in [2.45, 2.75) is 51.2 Å². The first-order valence-electron chi connectivity index (χ1n) is 12.7. The monoisotopic (exact) mass is 465 g/mol. The highest BCUT2D eigenvalue weighted by Gasteiger charge is 2.63. The number of imide groups is 1. The van der Waals surface area contributed by atoms with Gasteiger partial charge in [0.25, 0.3) is 0 Å². The molecule has 4 bridgehead atoms. The smallest absolute Gasteiger partial charge is 0.433 e. The number of amides is 3. The molecule has 4 fully saturated rings.